The van der Waals surface area contributed by atoms with Crippen molar-refractivity contribution in [3.05, 3.63) is 65.7 Å². The lowest BCUT2D eigenvalue weighted by Crippen LogP contribution is -2.59. The molecule has 0 aromatic heterocycles. The van der Waals surface area contributed by atoms with E-state index in [2.05, 4.69) is 95.7 Å². The topological polar surface area (TPSA) is 742 Å². The minimum absolute atomic E-state index is 0.0476. The highest BCUT2D eigenvalue weighted by Crippen LogP contribution is 2.31. The van der Waals surface area contributed by atoms with E-state index in [0.717, 1.165) is 6.92 Å². The van der Waals surface area contributed by atoms with Gasteiger partial charge in [-0.15, -0.1) is 0 Å². The van der Waals surface area contributed by atoms with Crippen molar-refractivity contribution in [1.82, 2.24) is 95.7 Å². The Morgan fingerprint density at radius 1 is 0.415 bits per heavy atom. The van der Waals surface area contributed by atoms with E-state index in [0.29, 0.717) is 101 Å². The van der Waals surface area contributed by atoms with Gasteiger partial charge in [-0.2, -0.15) is 0 Å². The number of carboxylic acids is 1. The molecule has 45 heteroatoms. The van der Waals surface area contributed by atoms with E-state index in [9.17, 15) is 96.5 Å². The van der Waals surface area contributed by atoms with Crippen LogP contribution in [0.4, 0.5) is 0 Å². The van der Waals surface area contributed by atoms with E-state index in [-0.39, 0.29) is 100 Å². The lowest BCUT2D eigenvalue weighted by atomic mass is 9.97. The first kappa shape index (κ1) is 106. The number of primary amides is 2. The smallest absolute Gasteiger partial charge is 0.305 e. The molecule has 1 heterocycles. The maximum Gasteiger partial charge on any atom is 0.305 e. The molecule has 6 rings (SSSR count). The molecule has 45 nitrogen and oxygen atoms in total. The van der Waals surface area contributed by atoms with Crippen LogP contribution in [0.5, 0.6) is 5.75 Å². The summed E-state index contributed by atoms with van der Waals surface area (Å²) in [7, 11) is 0. The molecular weight excluding hydrogens is 1690 g/mol. The van der Waals surface area contributed by atoms with Crippen molar-refractivity contribution in [2.24, 2.45) is 58.3 Å². The van der Waals surface area contributed by atoms with Crippen LogP contribution in [0, 0.1) is 40.4 Å². The SMILES string of the molecule is CC(=O)N[C@H]1CNC[C@@H]1C(=O)N[C@@H](C)C(=O)N[C@H]1CCC[C@@H]1C(=O)N[C@@H](CCCNC(=N)N)C(=O)N[C@H]1CCC[C@@H]1C(=O)N[C@@H](CCC(C)C)C(=O)N[C@H]1CCC[C@@H]1C(=O)N[C@@H](CCCCN)C(=O)N[C@H](CC(=O)NCC(=O)N[C@@H](CC(=O)O)C(=O)N[C@@H](C)C(=O)N[C@@H](Cc1ccc(O)cc1)C(=O)N[C@@H](CC(N)=O)C(=O)N[C@@H](CCCNC(=N)N)C(N)=O)Cc1ccccc1. The zero-order chi connectivity index (χ0) is 95.8. The van der Waals surface area contributed by atoms with Crippen molar-refractivity contribution >= 4 is 118 Å². The van der Waals surface area contributed by atoms with E-state index in [1.54, 1.807) is 30.3 Å². The highest BCUT2D eigenvalue weighted by molar-refractivity contribution is 6.00. The minimum Gasteiger partial charge on any atom is -0.508 e. The predicted molar refractivity (Wildman–Crippen MR) is 473 cm³/mol. The third-order valence-electron chi connectivity index (χ3n) is 23.1. The number of carbonyl (C=O) groups excluding carboxylic acids is 17. The molecule has 17 amide bonds. The van der Waals surface area contributed by atoms with Crippen molar-refractivity contribution in [1.29, 1.82) is 10.8 Å². The van der Waals surface area contributed by atoms with E-state index in [4.69, 9.17) is 39.5 Å². The molecule has 130 heavy (non-hydrogen) atoms. The summed E-state index contributed by atoms with van der Waals surface area (Å²) in [5.74, 6) is -18.5. The average Bonchev–Trinajstić information content (AvgIpc) is 1.67. The van der Waals surface area contributed by atoms with Gasteiger partial charge in [0, 0.05) is 70.1 Å². The Labute approximate surface area is 754 Å². The lowest BCUT2D eigenvalue weighted by molar-refractivity contribution is -0.141. The van der Waals surface area contributed by atoms with Crippen LogP contribution in [0.2, 0.25) is 0 Å². The van der Waals surface area contributed by atoms with Crippen molar-refractivity contribution < 1.29 is 96.5 Å². The number of carbonyl (C=O) groups is 18. The van der Waals surface area contributed by atoms with Crippen LogP contribution in [0.25, 0.3) is 0 Å². The Balaban J connectivity index is 1.07. The van der Waals surface area contributed by atoms with E-state index in [1.165, 1.54) is 38.1 Å². The number of nitrogens with two attached hydrogens (primary N) is 5. The fourth-order valence-corrected chi connectivity index (χ4v) is 16.1. The van der Waals surface area contributed by atoms with Crippen molar-refractivity contribution in [3.8, 4) is 5.75 Å². The van der Waals surface area contributed by atoms with E-state index >= 15 is 0 Å². The molecule has 3 aliphatic carbocycles. The molecule has 0 radical (unpaired) electrons. The van der Waals surface area contributed by atoms with Crippen LogP contribution < -0.4 is 124 Å². The molecule has 0 bridgehead atoms. The molecule has 32 N–H and O–H groups in total. The average molecular weight is 1830 g/mol. The van der Waals surface area contributed by atoms with Gasteiger partial charge in [-0.1, -0.05) is 75.6 Å². The number of phenols is 1. The van der Waals surface area contributed by atoms with Gasteiger partial charge < -0.3 is 135 Å². The molecule has 2 aromatic carbocycles. The zero-order valence-electron chi connectivity index (χ0n) is 74.3. The van der Waals surface area contributed by atoms with Gasteiger partial charge in [-0.05, 0) is 152 Å². The number of amides is 17. The summed E-state index contributed by atoms with van der Waals surface area (Å²) in [5.41, 5.74) is 28.7. The highest BCUT2D eigenvalue weighted by atomic mass is 16.4. The summed E-state index contributed by atoms with van der Waals surface area (Å²) in [4.78, 5) is 245. The molecule has 0 spiro atoms. The predicted octanol–water partition coefficient (Wildman–Crippen LogP) is -5.92. The fraction of sp³-hybridized carbons (Fsp3) is 0.624. The second-order valence-corrected chi connectivity index (χ2v) is 34.1. The quantitative estimate of drug-likeness (QED) is 0.0167. The largest absolute Gasteiger partial charge is 0.508 e. The van der Waals surface area contributed by atoms with Gasteiger partial charge in [0.15, 0.2) is 11.9 Å². The molecule has 718 valence electrons. The minimum atomic E-state index is -1.89. The van der Waals surface area contributed by atoms with Crippen LogP contribution in [0.15, 0.2) is 54.6 Å². The zero-order valence-corrected chi connectivity index (χ0v) is 74.3. The maximum atomic E-state index is 14.7. The lowest BCUT2D eigenvalue weighted by Gasteiger charge is -2.29. The second-order valence-electron chi connectivity index (χ2n) is 34.1. The number of aliphatic carboxylic acids is 1. The number of aromatic hydroxyl groups is 1. The summed E-state index contributed by atoms with van der Waals surface area (Å²) in [5, 5.41) is 83.2. The Hall–Kier alpha value is -12.8. The molecular formula is C85H133N25O20. The molecule has 0 unspecified atom stereocenters. The number of carboxylic acid groups (broad SMARTS) is 1. The summed E-state index contributed by atoms with van der Waals surface area (Å²) in [6, 6.07) is -2.24. The van der Waals surface area contributed by atoms with Crippen molar-refractivity contribution in [2.75, 3.05) is 39.3 Å². The summed E-state index contributed by atoms with van der Waals surface area (Å²) in [6.07, 6.45) is 3.19. The monoisotopic (exact) mass is 1820 g/mol. The summed E-state index contributed by atoms with van der Waals surface area (Å²) in [6.45, 7) is 8.28. The first-order valence-corrected chi connectivity index (χ1v) is 44.3. The first-order chi connectivity index (χ1) is 61.7. The molecule has 4 aliphatic rings. The van der Waals surface area contributed by atoms with Crippen molar-refractivity contribution in [2.45, 2.75) is 267 Å². The van der Waals surface area contributed by atoms with Crippen LogP contribution in [-0.4, -0.2) is 252 Å². The van der Waals surface area contributed by atoms with Crippen LogP contribution in [-0.2, 0) is 99.1 Å². The molecule has 2 aromatic rings. The first-order valence-electron chi connectivity index (χ1n) is 44.3. The number of hydrogen-bond acceptors (Lipinski definition) is 23. The van der Waals surface area contributed by atoms with Gasteiger partial charge >= 0.3 is 5.97 Å². The summed E-state index contributed by atoms with van der Waals surface area (Å²) < 4.78 is 0. The third kappa shape index (κ3) is 36.7. The molecule has 1 saturated heterocycles. The Bertz CT molecular complexity index is 4280. The van der Waals surface area contributed by atoms with Crippen LogP contribution in [0.1, 0.15) is 181 Å². The van der Waals surface area contributed by atoms with E-state index in [1.807, 2.05) is 13.8 Å². The molecule has 3 saturated carbocycles. The Morgan fingerprint density at radius 3 is 1.39 bits per heavy atom. The number of guanidine groups is 2. The normalized spacial score (nSPS) is 20.2. The Morgan fingerprint density at radius 2 is 0.877 bits per heavy atom. The van der Waals surface area contributed by atoms with Gasteiger partial charge in [0.05, 0.1) is 49.1 Å². The molecule has 4 fully saturated rings. The Kier molecular flexibility index (Phi) is 43.9. The number of nitrogens with one attached hydrogen (secondary N) is 20. The van der Waals surface area contributed by atoms with Crippen LogP contribution >= 0.6 is 0 Å². The van der Waals surface area contributed by atoms with Crippen molar-refractivity contribution in [3.63, 3.8) is 0 Å². The highest BCUT2D eigenvalue weighted by Gasteiger charge is 2.44. The molecule has 18 atom stereocenters. The van der Waals surface area contributed by atoms with Gasteiger partial charge in [0.2, 0.25) is 100 Å². The standard InChI is InChI=1S/C85H133N25O20/c1-44(2)27-32-62(108-76(123)54-20-13-23-57(54)103-79(126)61(26-15-35-95-85(91)92)107-74(121)52-18-11-22-56(52)102-72(119)45(3)97-77(124)55-41-93-42-66(55)99-47(5)111)80(127)104-58-24-12-19-53(58)75(122)106-60(21-9-10-33-86)78(125)100-50(36-48-16-7-6-8-17-48)38-68(114)96-43-69(115)101-65(40-70(116)117)81(128)98-46(4)73(120)109-63(37-49-28-30-51(112)31-29-49)82(129)110-64(39-67(87)113)83(130)105-59(71(88)118)25-14-34-94-84(89)90/h6-8,16-17,28-31,44-46,50,52-66,93,112H,9-15,18-27,32-43,86H2,1-5H3,(H2,87,113)(H2,88,118)(H,96,114)(H,97,124)(H,98,128)(H,99,111)(H,100,125)(H,101,115)(H,102,119)(H,103,126)(H,104,127)(H,105,130)(H,106,122)(H,107,121)(H,108,123)(H,109,120)(H,110,129)(H,116,117)(H4,89,90,94)(H4,91,92,95)/t45-,46-,50-,52-,53-,54-,55-,56-,57-,58-,59-,60-,61-,62-,63-,64-,65-,66-/m0/s1. The number of hydrogen-bond donors (Lipinski definition) is 27. The number of benzene rings is 2. The number of rotatable bonds is 54. The number of unbranched alkanes of at least 4 members (excludes halogenated alkanes) is 1. The second kappa shape index (κ2) is 53.8. The molecule has 1 aliphatic heterocycles. The van der Waals surface area contributed by atoms with Gasteiger partial charge in [0.25, 0.3) is 0 Å². The number of phenolic OH excluding ortho intramolecular Hbond substituents is 1. The van der Waals surface area contributed by atoms with Gasteiger partial charge in [-0.3, -0.25) is 97.1 Å². The maximum absolute atomic E-state index is 14.7. The third-order valence-corrected chi connectivity index (χ3v) is 23.1. The van der Waals surface area contributed by atoms with Gasteiger partial charge in [0.1, 0.15) is 60.1 Å². The summed E-state index contributed by atoms with van der Waals surface area (Å²) >= 11 is 0. The van der Waals surface area contributed by atoms with Crippen LogP contribution in [0.3, 0.4) is 0 Å². The van der Waals surface area contributed by atoms with E-state index < -0.39 is 235 Å². The van der Waals surface area contributed by atoms with Gasteiger partial charge in [-0.25, -0.2) is 0 Å². The fourth-order valence-electron chi connectivity index (χ4n) is 16.1.